The van der Waals surface area contributed by atoms with Gasteiger partial charge in [0.05, 0.1) is 40.0 Å². The Morgan fingerprint density at radius 3 is 1.75 bits per heavy atom. The van der Waals surface area contributed by atoms with Gasteiger partial charge in [-0.15, -0.1) is 0 Å². The first kappa shape index (κ1) is 45.2. The molecular formula is C44H56O17. The summed E-state index contributed by atoms with van der Waals surface area (Å²) in [5.41, 5.74) is 1.85. The summed E-state index contributed by atoms with van der Waals surface area (Å²) in [6.07, 6.45) is -6.19. The van der Waals surface area contributed by atoms with Crippen LogP contribution in [0.1, 0.15) is 108 Å². The largest absolute Gasteiger partial charge is 0.493 e. The summed E-state index contributed by atoms with van der Waals surface area (Å²) in [6, 6.07) is 7.11. The fourth-order valence-electron chi connectivity index (χ4n) is 8.33. The first-order valence-electron chi connectivity index (χ1n) is 20.9. The molecule has 2 aromatic rings. The molecule has 0 radical (unpaired) electrons. The Labute approximate surface area is 354 Å². The van der Waals surface area contributed by atoms with E-state index in [4.69, 9.17) is 56.8 Å². The zero-order valence-corrected chi connectivity index (χ0v) is 35.7. The third-order valence-corrected chi connectivity index (χ3v) is 11.1. The summed E-state index contributed by atoms with van der Waals surface area (Å²) in [4.78, 5) is 66.7. The lowest BCUT2D eigenvalue weighted by molar-refractivity contribution is -0.323. The van der Waals surface area contributed by atoms with E-state index in [1.165, 1.54) is 21.3 Å². The first-order chi connectivity index (χ1) is 29.5. The van der Waals surface area contributed by atoms with Crippen LogP contribution in [0, 0.1) is 11.8 Å². The van der Waals surface area contributed by atoms with Crippen LogP contribution in [0.5, 0.6) is 28.7 Å². The number of hydrogen-bond donors (Lipinski definition) is 0. The van der Waals surface area contributed by atoms with E-state index in [1.807, 2.05) is 6.92 Å². The number of carbonyl (C=O) groups is 5. The molecule has 2 saturated heterocycles. The molecule has 17 nitrogen and oxygen atoms in total. The highest BCUT2D eigenvalue weighted by molar-refractivity contribution is 5.79. The minimum Gasteiger partial charge on any atom is -0.493 e. The second-order valence-electron chi connectivity index (χ2n) is 15.2. The normalized spacial score (nSPS) is 26.0. The van der Waals surface area contributed by atoms with Crippen molar-refractivity contribution >= 4 is 29.8 Å². The van der Waals surface area contributed by atoms with Crippen molar-refractivity contribution in [2.75, 3.05) is 41.3 Å². The molecule has 334 valence electrons. The van der Waals surface area contributed by atoms with Crippen LogP contribution in [0.2, 0.25) is 0 Å². The van der Waals surface area contributed by atoms with Crippen molar-refractivity contribution in [2.24, 2.45) is 11.8 Å². The molecule has 0 saturated carbocycles. The molecule has 9 atom stereocenters. The molecule has 3 aliphatic heterocycles. The first-order valence-corrected chi connectivity index (χ1v) is 20.9. The van der Waals surface area contributed by atoms with Crippen LogP contribution in [0.3, 0.4) is 0 Å². The van der Waals surface area contributed by atoms with Gasteiger partial charge in [-0.1, -0.05) is 27.7 Å². The van der Waals surface area contributed by atoms with Gasteiger partial charge in [-0.2, -0.15) is 0 Å². The number of carbonyl (C=O) groups excluding carboxylic acids is 5. The van der Waals surface area contributed by atoms with Crippen LogP contribution in [0.15, 0.2) is 24.3 Å². The van der Waals surface area contributed by atoms with Gasteiger partial charge in [-0.05, 0) is 66.6 Å². The zero-order chi connectivity index (χ0) is 43.8. The highest BCUT2D eigenvalue weighted by Gasteiger charge is 2.58. The molecule has 0 aromatic heterocycles. The quantitative estimate of drug-likeness (QED) is 0.124. The maximum absolute atomic E-state index is 14.0. The van der Waals surface area contributed by atoms with Crippen LogP contribution in [0.4, 0.5) is 0 Å². The molecule has 6 rings (SSSR count). The molecular weight excluding hydrogens is 800 g/mol. The van der Waals surface area contributed by atoms with Crippen LogP contribution in [0.25, 0.3) is 0 Å². The molecule has 0 amide bonds. The predicted molar refractivity (Wildman–Crippen MR) is 211 cm³/mol. The van der Waals surface area contributed by atoms with E-state index in [0.29, 0.717) is 71.1 Å². The molecule has 3 heterocycles. The number of hydrogen-bond acceptors (Lipinski definition) is 17. The fraction of sp³-hybridized carbons (Fsp3) is 0.614. The Morgan fingerprint density at radius 1 is 0.656 bits per heavy atom. The molecule has 17 heteroatoms. The van der Waals surface area contributed by atoms with Crippen molar-refractivity contribution in [3.63, 3.8) is 0 Å². The standard InChI is InChI=1S/C44H56O17/c1-8-12-32(45)53-21-31-40(58-33(46)13-9-2)41(59-34(47)14-10-3)42(60-35(48)15-11-4)44(57-31)61-38-25-19-28-27(55-22-56-28)18-24(25)36(37-26(38)20-54-43(37)49)23-16-29(50-5)39(52-7)30(17-23)51-6/h16-19,26,31,36-38,40-42,44H,8-15,20-22H2,1-7H3/t26-,31+,36+,37-,38-,40+,41-,42+,44-/m0/s1. The van der Waals surface area contributed by atoms with Gasteiger partial charge in [-0.25, -0.2) is 0 Å². The van der Waals surface area contributed by atoms with E-state index in [1.54, 1.807) is 45.0 Å². The third-order valence-electron chi connectivity index (χ3n) is 11.1. The van der Waals surface area contributed by atoms with Gasteiger partial charge >= 0.3 is 29.8 Å². The molecule has 2 fully saturated rings. The molecule has 2 aromatic carbocycles. The highest BCUT2D eigenvalue weighted by atomic mass is 16.7. The average Bonchev–Trinajstić information content (AvgIpc) is 3.87. The van der Waals surface area contributed by atoms with Gasteiger partial charge in [0.15, 0.2) is 47.6 Å². The Bertz CT molecular complexity index is 1890. The Balaban J connectivity index is 1.50. The number of fused-ring (bicyclic) bond motifs is 3. The third kappa shape index (κ3) is 9.77. The van der Waals surface area contributed by atoms with Gasteiger partial charge < -0.3 is 56.8 Å². The van der Waals surface area contributed by atoms with Crippen molar-refractivity contribution in [1.82, 2.24) is 0 Å². The van der Waals surface area contributed by atoms with Crippen LogP contribution in [-0.2, 0) is 57.1 Å². The second kappa shape index (κ2) is 20.5. The number of rotatable bonds is 19. The Morgan fingerprint density at radius 2 is 1.20 bits per heavy atom. The second-order valence-corrected chi connectivity index (χ2v) is 15.2. The lowest BCUT2D eigenvalue weighted by atomic mass is 9.66. The average molecular weight is 857 g/mol. The van der Waals surface area contributed by atoms with Crippen LogP contribution >= 0.6 is 0 Å². The highest BCUT2D eigenvalue weighted by Crippen LogP contribution is 2.57. The zero-order valence-electron chi connectivity index (χ0n) is 35.7. The predicted octanol–water partition coefficient (Wildman–Crippen LogP) is 5.64. The summed E-state index contributed by atoms with van der Waals surface area (Å²) >= 11 is 0. The molecule has 0 bridgehead atoms. The number of esters is 5. The van der Waals surface area contributed by atoms with Gasteiger partial charge in [0, 0.05) is 37.5 Å². The number of cyclic esters (lactones) is 1. The van der Waals surface area contributed by atoms with Crippen molar-refractivity contribution in [1.29, 1.82) is 0 Å². The van der Waals surface area contributed by atoms with Crippen molar-refractivity contribution in [3.05, 3.63) is 41.0 Å². The van der Waals surface area contributed by atoms with E-state index in [0.717, 1.165) is 0 Å². The smallest absolute Gasteiger partial charge is 0.310 e. The van der Waals surface area contributed by atoms with E-state index in [9.17, 15) is 24.0 Å². The van der Waals surface area contributed by atoms with E-state index in [-0.39, 0.29) is 39.1 Å². The molecule has 4 aliphatic rings. The van der Waals surface area contributed by atoms with Gasteiger partial charge in [0.1, 0.15) is 12.7 Å². The molecule has 0 spiro atoms. The molecule has 0 unspecified atom stereocenters. The van der Waals surface area contributed by atoms with Gasteiger partial charge in [0.2, 0.25) is 12.5 Å². The minimum absolute atomic E-state index is 0.001000. The maximum atomic E-state index is 14.0. The lowest BCUT2D eigenvalue weighted by Gasteiger charge is -2.47. The molecule has 1 aliphatic carbocycles. The summed E-state index contributed by atoms with van der Waals surface area (Å²) in [5, 5.41) is 0. The van der Waals surface area contributed by atoms with Crippen molar-refractivity contribution in [2.45, 2.75) is 122 Å². The summed E-state index contributed by atoms with van der Waals surface area (Å²) < 4.78 is 71.7. The lowest BCUT2D eigenvalue weighted by Crippen LogP contribution is -2.63. The van der Waals surface area contributed by atoms with E-state index in [2.05, 4.69) is 0 Å². The monoisotopic (exact) mass is 856 g/mol. The number of methoxy groups -OCH3 is 3. The molecule has 0 N–H and O–H groups in total. The van der Waals surface area contributed by atoms with Crippen molar-refractivity contribution < 1.29 is 80.8 Å². The SMILES string of the molecule is CCCC(=O)OC[C@H]1O[C@@H](O[C@H]2c3cc4c(cc3[C@@H](c3cc(OC)c(OC)c(OC)c3)[C@H]3C(=O)OC[C@@H]32)OCO4)[C@H](OC(=O)CCC)[C@@H](OC(=O)CCC)[C@@H]1OC(=O)CCC. The van der Waals surface area contributed by atoms with E-state index < -0.39 is 91.0 Å². The van der Waals surface area contributed by atoms with Crippen LogP contribution < -0.4 is 23.7 Å². The van der Waals surface area contributed by atoms with Gasteiger partial charge in [-0.3, -0.25) is 24.0 Å². The topological polar surface area (TPSA) is 196 Å². The fourth-order valence-corrected chi connectivity index (χ4v) is 8.33. The summed E-state index contributed by atoms with van der Waals surface area (Å²) in [5.74, 6) is -3.17. The number of benzene rings is 2. The van der Waals surface area contributed by atoms with Crippen LogP contribution in [-0.4, -0.2) is 102 Å². The van der Waals surface area contributed by atoms with Crippen molar-refractivity contribution in [3.8, 4) is 28.7 Å². The summed E-state index contributed by atoms with van der Waals surface area (Å²) in [7, 11) is 4.49. The van der Waals surface area contributed by atoms with Gasteiger partial charge in [0.25, 0.3) is 0 Å². The number of ether oxygens (including phenoxy) is 12. The Kier molecular flexibility index (Phi) is 15.2. The van der Waals surface area contributed by atoms with E-state index >= 15 is 0 Å². The summed E-state index contributed by atoms with van der Waals surface area (Å²) in [6.45, 7) is 6.68. The molecule has 61 heavy (non-hydrogen) atoms. The Hall–Kier alpha value is -5.29. The maximum Gasteiger partial charge on any atom is 0.310 e. The minimum atomic E-state index is -1.53.